The normalized spacial score (nSPS) is 12.4. The van der Waals surface area contributed by atoms with Gasteiger partial charge in [-0.1, -0.05) is 0 Å². The summed E-state index contributed by atoms with van der Waals surface area (Å²) in [6.45, 7) is -2.09. The molecule has 0 radical (unpaired) electrons. The number of sulfonamides is 2. The van der Waals surface area contributed by atoms with Gasteiger partial charge in [-0.25, -0.2) is 30.6 Å². The Hall–Kier alpha value is -0.700. The van der Waals surface area contributed by atoms with E-state index in [0.717, 1.165) is 0 Å². The predicted molar refractivity (Wildman–Crippen MR) is 88.1 cm³/mol. The monoisotopic (exact) mass is 504 g/mol. The van der Waals surface area contributed by atoms with E-state index in [1.807, 2.05) is 0 Å². The number of rotatable bonds is 9. The minimum atomic E-state index is -4.72. The van der Waals surface area contributed by atoms with Crippen LogP contribution in [0, 0.1) is 15.2 Å². The van der Waals surface area contributed by atoms with E-state index in [0.29, 0.717) is 6.20 Å². The Bertz CT molecular complexity index is 751. The van der Waals surface area contributed by atoms with Gasteiger partial charge in [0.25, 0.3) is 0 Å². The average molecular weight is 504 g/mol. The topological polar surface area (TPSA) is 84.4 Å². The van der Waals surface area contributed by atoms with Crippen LogP contribution < -0.4 is 3.71 Å². The van der Waals surface area contributed by atoms with Gasteiger partial charge in [0.15, 0.2) is 17.5 Å². The average Bonchev–Trinajstić information content (AvgIpc) is 2.51. The van der Waals surface area contributed by atoms with Crippen molar-refractivity contribution >= 4 is 48.5 Å². The van der Waals surface area contributed by atoms with Crippen molar-refractivity contribution in [1.29, 1.82) is 0 Å². The van der Waals surface area contributed by atoms with Crippen LogP contribution in [0.15, 0.2) is 6.20 Å². The summed E-state index contributed by atoms with van der Waals surface area (Å²) in [5.41, 5.74) is 0. The molecule has 24 heavy (non-hydrogen) atoms. The molecule has 0 aliphatic carbocycles. The molecule has 0 N–H and O–H groups in total. The molecular weight excluding hydrogens is 491 g/mol. The SMILES string of the molecule is O=S(=O)(CCCF)N(c1ncc(F)c(I)c1F)S(=O)(=O)CCCF. The van der Waals surface area contributed by atoms with Crippen LogP contribution in [0.4, 0.5) is 23.4 Å². The highest BCUT2D eigenvalue weighted by atomic mass is 127. The van der Waals surface area contributed by atoms with Crippen LogP contribution in [0.3, 0.4) is 0 Å². The van der Waals surface area contributed by atoms with Crippen molar-refractivity contribution in [2.45, 2.75) is 12.8 Å². The second-order valence-electron chi connectivity index (χ2n) is 4.47. The van der Waals surface area contributed by atoms with Gasteiger partial charge in [-0.2, -0.15) is 0 Å². The van der Waals surface area contributed by atoms with Gasteiger partial charge in [0.05, 0.1) is 34.6 Å². The Morgan fingerprint density at radius 2 is 1.46 bits per heavy atom. The summed E-state index contributed by atoms with van der Waals surface area (Å²) in [6, 6.07) is 0. The molecule has 0 amide bonds. The lowest BCUT2D eigenvalue weighted by atomic mass is 10.4. The number of halogens is 5. The lowest BCUT2D eigenvalue weighted by Crippen LogP contribution is -2.41. The molecule has 0 spiro atoms. The van der Waals surface area contributed by atoms with Gasteiger partial charge in [-0.3, -0.25) is 8.78 Å². The van der Waals surface area contributed by atoms with E-state index in [1.54, 1.807) is 0 Å². The van der Waals surface area contributed by atoms with Gasteiger partial charge in [-0.05, 0) is 35.4 Å². The summed E-state index contributed by atoms with van der Waals surface area (Å²) in [5.74, 6) is -5.64. The van der Waals surface area contributed by atoms with Crippen molar-refractivity contribution in [3.63, 3.8) is 0 Å². The molecule has 0 bridgehead atoms. The van der Waals surface area contributed by atoms with E-state index in [2.05, 4.69) is 4.98 Å². The van der Waals surface area contributed by atoms with Crippen molar-refractivity contribution in [1.82, 2.24) is 4.98 Å². The van der Waals surface area contributed by atoms with Gasteiger partial charge in [0, 0.05) is 0 Å². The van der Waals surface area contributed by atoms with Crippen LogP contribution in [0.1, 0.15) is 12.8 Å². The highest BCUT2D eigenvalue weighted by molar-refractivity contribution is 14.1. The van der Waals surface area contributed by atoms with E-state index in [-0.39, 0.29) is 3.71 Å². The maximum Gasteiger partial charge on any atom is 0.249 e. The Balaban J connectivity index is 3.53. The van der Waals surface area contributed by atoms with Crippen LogP contribution in [0.5, 0.6) is 0 Å². The summed E-state index contributed by atoms with van der Waals surface area (Å²) in [5, 5.41) is 0. The summed E-state index contributed by atoms with van der Waals surface area (Å²) >= 11 is 1.22. The first kappa shape index (κ1) is 21.3. The molecular formula is C11H13F4IN2O4S2. The summed E-state index contributed by atoms with van der Waals surface area (Å²) in [4.78, 5) is 3.21. The zero-order valence-corrected chi connectivity index (χ0v) is 15.8. The Morgan fingerprint density at radius 3 is 1.88 bits per heavy atom. The second kappa shape index (κ2) is 8.60. The molecule has 6 nitrogen and oxygen atoms in total. The van der Waals surface area contributed by atoms with E-state index in [9.17, 15) is 34.4 Å². The van der Waals surface area contributed by atoms with Crippen LogP contribution in [-0.2, 0) is 20.0 Å². The van der Waals surface area contributed by atoms with Gasteiger partial charge in [-0.15, -0.1) is 3.71 Å². The third kappa shape index (κ3) is 4.91. The van der Waals surface area contributed by atoms with E-state index in [1.165, 1.54) is 22.6 Å². The molecule has 0 fully saturated rings. The standard InChI is InChI=1S/C11H13F4IN2O4S2/c12-3-1-5-23(19,20)18(24(21,22)6-2-4-13)11-9(15)10(16)8(14)7-17-11/h7H,1-6H2. The first-order chi connectivity index (χ1) is 11.1. The van der Waals surface area contributed by atoms with E-state index in [4.69, 9.17) is 0 Å². The number of pyridine rings is 1. The lowest BCUT2D eigenvalue weighted by Gasteiger charge is -2.23. The number of anilines is 1. The highest BCUT2D eigenvalue weighted by Crippen LogP contribution is 2.28. The van der Waals surface area contributed by atoms with Gasteiger partial charge >= 0.3 is 0 Å². The Morgan fingerprint density at radius 1 is 1.00 bits per heavy atom. The van der Waals surface area contributed by atoms with Crippen molar-refractivity contribution in [3.8, 4) is 0 Å². The molecule has 0 saturated carbocycles. The third-order valence-electron chi connectivity index (χ3n) is 2.65. The van der Waals surface area contributed by atoms with Crippen LogP contribution in [0.25, 0.3) is 0 Å². The maximum atomic E-state index is 14.2. The van der Waals surface area contributed by atoms with Crippen LogP contribution >= 0.6 is 22.6 Å². The minimum absolute atomic E-state index is 0.303. The van der Waals surface area contributed by atoms with Crippen LogP contribution in [-0.4, -0.2) is 46.7 Å². The number of hydrogen-bond acceptors (Lipinski definition) is 5. The van der Waals surface area contributed by atoms with Crippen LogP contribution in [0.2, 0.25) is 0 Å². The molecule has 0 atom stereocenters. The molecule has 138 valence electrons. The molecule has 1 aromatic heterocycles. The molecule has 0 aromatic carbocycles. The molecule has 1 heterocycles. The highest BCUT2D eigenvalue weighted by Gasteiger charge is 2.37. The van der Waals surface area contributed by atoms with Gasteiger partial charge in [0.2, 0.25) is 20.0 Å². The third-order valence-corrected chi connectivity index (χ3v) is 7.97. The zero-order valence-electron chi connectivity index (χ0n) is 12.1. The number of nitrogens with zero attached hydrogens (tertiary/aromatic N) is 2. The Kier molecular flexibility index (Phi) is 7.65. The zero-order chi connectivity index (χ0) is 18.5. The predicted octanol–water partition coefficient (Wildman–Crippen LogP) is 2.15. The molecule has 0 aliphatic rings. The van der Waals surface area contributed by atoms with Crippen molar-refractivity contribution in [2.75, 3.05) is 28.6 Å². The maximum absolute atomic E-state index is 14.2. The second-order valence-corrected chi connectivity index (χ2v) is 9.66. The van der Waals surface area contributed by atoms with Crippen molar-refractivity contribution in [2.24, 2.45) is 0 Å². The molecule has 1 rings (SSSR count). The number of aromatic nitrogens is 1. The molecule has 13 heteroatoms. The smallest absolute Gasteiger partial charge is 0.249 e. The lowest BCUT2D eigenvalue weighted by molar-refractivity contribution is 0.482. The molecule has 0 unspecified atom stereocenters. The van der Waals surface area contributed by atoms with E-state index < -0.39 is 78.8 Å². The van der Waals surface area contributed by atoms with E-state index >= 15 is 0 Å². The quantitative estimate of drug-likeness (QED) is 0.380. The first-order valence-electron chi connectivity index (χ1n) is 6.45. The van der Waals surface area contributed by atoms with Crippen molar-refractivity contribution in [3.05, 3.63) is 21.4 Å². The first-order valence-corrected chi connectivity index (χ1v) is 10.8. The van der Waals surface area contributed by atoms with Gasteiger partial charge in [0.1, 0.15) is 0 Å². The summed E-state index contributed by atoms with van der Waals surface area (Å²) in [6.07, 6.45) is -0.600. The number of hydrogen-bond donors (Lipinski definition) is 0. The number of alkyl halides is 2. The summed E-state index contributed by atoms with van der Waals surface area (Å²) < 4.78 is 100.0. The fourth-order valence-electron chi connectivity index (χ4n) is 1.64. The van der Waals surface area contributed by atoms with Gasteiger partial charge < -0.3 is 0 Å². The Labute approximate surface area is 150 Å². The fraction of sp³-hybridized carbons (Fsp3) is 0.545. The molecule has 1 aromatic rings. The molecule has 0 saturated heterocycles. The fourth-order valence-corrected chi connectivity index (χ4v) is 5.91. The molecule has 0 aliphatic heterocycles. The van der Waals surface area contributed by atoms with Crippen molar-refractivity contribution < 1.29 is 34.4 Å². The summed E-state index contributed by atoms with van der Waals surface area (Å²) in [7, 11) is -9.45. The largest absolute Gasteiger partial charge is 0.251 e. The minimum Gasteiger partial charge on any atom is -0.251 e.